The van der Waals surface area contributed by atoms with Gasteiger partial charge in [-0.3, -0.25) is 19.2 Å². The van der Waals surface area contributed by atoms with Crippen molar-refractivity contribution in [1.82, 2.24) is 0 Å². The highest BCUT2D eigenvalue weighted by atomic mass is 16.2. The lowest BCUT2D eigenvalue weighted by atomic mass is 9.59. The van der Waals surface area contributed by atoms with Crippen molar-refractivity contribution in [3.05, 3.63) is 70.8 Å². The summed E-state index contributed by atoms with van der Waals surface area (Å²) >= 11 is 0. The Morgan fingerprint density at radius 2 is 1.03 bits per heavy atom. The fraction of sp³-hybridized carbons (Fsp3) is 0.360. The summed E-state index contributed by atoms with van der Waals surface area (Å²) in [6, 6.07) is 15.9. The molecule has 0 aliphatic heterocycles. The Labute approximate surface area is 169 Å². The van der Waals surface area contributed by atoms with Gasteiger partial charge in [-0.2, -0.15) is 0 Å². The number of ketones is 4. The highest BCUT2D eigenvalue weighted by Crippen LogP contribution is 2.60. The third-order valence-electron chi connectivity index (χ3n) is 7.13. The second-order valence-electron chi connectivity index (χ2n) is 8.77. The van der Waals surface area contributed by atoms with Crippen LogP contribution >= 0.6 is 0 Å². The van der Waals surface area contributed by atoms with E-state index in [-0.39, 0.29) is 23.1 Å². The lowest BCUT2D eigenvalue weighted by Gasteiger charge is -2.39. The predicted octanol–water partition coefficient (Wildman–Crippen LogP) is 3.09. The third kappa shape index (κ3) is 2.51. The molecule has 0 amide bonds. The molecular formula is C25H22O4. The number of carbonyl (C=O) groups is 4. The standard InChI is InChI=1S/C25H22O4/c1-12-3-5-14(6-4-12)11-15-7-9-16(10-8-15)17-24(28)20-18-19(21(20)25(17)29)23(27)13(2)22(18)26/h3-10,13,17-21H,11H2,1-2H3. The highest BCUT2D eigenvalue weighted by Gasteiger charge is 2.72. The van der Waals surface area contributed by atoms with Crippen molar-refractivity contribution < 1.29 is 19.2 Å². The number of hydrogen-bond acceptors (Lipinski definition) is 4. The molecule has 0 bridgehead atoms. The van der Waals surface area contributed by atoms with Crippen LogP contribution in [-0.2, 0) is 25.6 Å². The second kappa shape index (κ2) is 6.31. The number of rotatable bonds is 3. The topological polar surface area (TPSA) is 68.3 Å². The molecule has 0 heterocycles. The van der Waals surface area contributed by atoms with Crippen LogP contribution in [-0.4, -0.2) is 23.1 Å². The molecule has 5 rings (SSSR count). The summed E-state index contributed by atoms with van der Waals surface area (Å²) in [7, 11) is 0. The molecule has 4 nitrogen and oxygen atoms in total. The molecule has 3 aliphatic rings. The van der Waals surface area contributed by atoms with Crippen LogP contribution in [0.25, 0.3) is 0 Å². The van der Waals surface area contributed by atoms with E-state index < -0.39 is 35.5 Å². The van der Waals surface area contributed by atoms with Gasteiger partial charge < -0.3 is 0 Å². The van der Waals surface area contributed by atoms with Crippen molar-refractivity contribution >= 4 is 23.1 Å². The zero-order chi connectivity index (χ0) is 20.4. The summed E-state index contributed by atoms with van der Waals surface area (Å²) in [4.78, 5) is 50.7. The van der Waals surface area contributed by atoms with Gasteiger partial charge in [0.1, 0.15) is 17.5 Å². The molecule has 3 fully saturated rings. The third-order valence-corrected chi connectivity index (χ3v) is 7.13. The average molecular weight is 386 g/mol. The summed E-state index contributed by atoms with van der Waals surface area (Å²) in [5, 5.41) is 0. The van der Waals surface area contributed by atoms with Gasteiger partial charge in [0, 0.05) is 23.7 Å². The van der Waals surface area contributed by atoms with Crippen LogP contribution in [0.4, 0.5) is 0 Å². The minimum Gasteiger partial charge on any atom is -0.299 e. The van der Waals surface area contributed by atoms with Gasteiger partial charge in [0.25, 0.3) is 0 Å². The van der Waals surface area contributed by atoms with E-state index >= 15 is 0 Å². The molecule has 0 aromatic heterocycles. The Kier molecular flexibility index (Phi) is 3.95. The molecule has 4 unspecified atom stereocenters. The first kappa shape index (κ1) is 18.2. The molecule has 2 aromatic carbocycles. The fourth-order valence-electron chi connectivity index (χ4n) is 5.50. The van der Waals surface area contributed by atoms with Crippen LogP contribution in [0.2, 0.25) is 0 Å². The van der Waals surface area contributed by atoms with Crippen molar-refractivity contribution in [2.45, 2.75) is 26.2 Å². The van der Waals surface area contributed by atoms with E-state index in [0.29, 0.717) is 5.56 Å². The molecule has 0 N–H and O–H groups in total. The lowest BCUT2D eigenvalue weighted by Crippen LogP contribution is -2.50. The molecule has 0 radical (unpaired) electrons. The van der Waals surface area contributed by atoms with Crippen molar-refractivity contribution in [2.24, 2.45) is 29.6 Å². The molecule has 0 spiro atoms. The number of hydrogen-bond donors (Lipinski definition) is 0. The quantitative estimate of drug-likeness (QED) is 0.761. The molecule has 146 valence electrons. The van der Waals surface area contributed by atoms with Gasteiger partial charge in [-0.15, -0.1) is 0 Å². The summed E-state index contributed by atoms with van der Waals surface area (Å²) in [6.07, 6.45) is 0.781. The van der Waals surface area contributed by atoms with E-state index in [4.69, 9.17) is 0 Å². The minimum absolute atomic E-state index is 0.156. The van der Waals surface area contributed by atoms with Gasteiger partial charge in [0.2, 0.25) is 0 Å². The summed E-state index contributed by atoms with van der Waals surface area (Å²) in [5.41, 5.74) is 4.20. The molecule has 3 saturated carbocycles. The predicted molar refractivity (Wildman–Crippen MR) is 106 cm³/mol. The normalized spacial score (nSPS) is 32.9. The van der Waals surface area contributed by atoms with Crippen LogP contribution in [0, 0.1) is 36.5 Å². The Hall–Kier alpha value is -2.88. The second-order valence-corrected chi connectivity index (χ2v) is 8.77. The maximum absolute atomic E-state index is 13.0. The van der Waals surface area contributed by atoms with Crippen molar-refractivity contribution in [2.75, 3.05) is 0 Å². The zero-order valence-electron chi connectivity index (χ0n) is 16.4. The van der Waals surface area contributed by atoms with Crippen LogP contribution in [0.3, 0.4) is 0 Å². The van der Waals surface area contributed by atoms with E-state index in [1.165, 1.54) is 11.1 Å². The molecular weight excluding hydrogens is 364 g/mol. The molecule has 2 aromatic rings. The van der Waals surface area contributed by atoms with Gasteiger partial charge >= 0.3 is 0 Å². The highest BCUT2D eigenvalue weighted by molar-refractivity contribution is 6.25. The molecule has 3 aliphatic carbocycles. The minimum atomic E-state index is -0.833. The fourth-order valence-corrected chi connectivity index (χ4v) is 5.50. The number of fused-ring (bicyclic) bond motifs is 4. The van der Waals surface area contributed by atoms with Crippen molar-refractivity contribution in [3.8, 4) is 0 Å². The molecule has 0 saturated heterocycles. The maximum atomic E-state index is 13.0. The van der Waals surface area contributed by atoms with E-state index in [1.807, 2.05) is 24.3 Å². The number of aryl methyl sites for hydroxylation is 1. The average Bonchev–Trinajstić information content (AvgIpc) is 2.99. The number of Topliss-reactive ketones (excluding diaryl/α,β-unsaturated/α-hetero) is 4. The van der Waals surface area contributed by atoms with Crippen molar-refractivity contribution in [3.63, 3.8) is 0 Å². The van der Waals surface area contributed by atoms with Gasteiger partial charge in [-0.05, 0) is 37.0 Å². The van der Waals surface area contributed by atoms with Gasteiger partial charge in [0.05, 0.1) is 5.92 Å². The van der Waals surface area contributed by atoms with Gasteiger partial charge in [-0.1, -0.05) is 54.1 Å². The first-order valence-electron chi connectivity index (χ1n) is 10.2. The van der Waals surface area contributed by atoms with E-state index in [9.17, 15) is 19.2 Å². The first-order chi connectivity index (χ1) is 13.9. The Balaban J connectivity index is 1.37. The smallest absolute Gasteiger partial charge is 0.152 e. The SMILES string of the molecule is Cc1ccc(Cc2ccc(C3C(=O)C4C5C(=O)C(C)C(=O)C5C4C3=O)cc2)cc1. The van der Waals surface area contributed by atoms with E-state index in [2.05, 4.69) is 31.2 Å². The van der Waals surface area contributed by atoms with E-state index in [0.717, 1.165) is 12.0 Å². The Morgan fingerprint density at radius 1 is 0.621 bits per heavy atom. The maximum Gasteiger partial charge on any atom is 0.152 e. The van der Waals surface area contributed by atoms with Crippen LogP contribution in [0.5, 0.6) is 0 Å². The lowest BCUT2D eigenvalue weighted by molar-refractivity contribution is -0.146. The van der Waals surface area contributed by atoms with Gasteiger partial charge in [-0.25, -0.2) is 0 Å². The van der Waals surface area contributed by atoms with Crippen molar-refractivity contribution in [1.29, 1.82) is 0 Å². The summed E-state index contributed by atoms with van der Waals surface area (Å²) in [5.74, 6) is -4.49. The molecule has 29 heavy (non-hydrogen) atoms. The van der Waals surface area contributed by atoms with Crippen LogP contribution < -0.4 is 0 Å². The largest absolute Gasteiger partial charge is 0.299 e. The molecule has 4 atom stereocenters. The Morgan fingerprint density at radius 3 is 1.52 bits per heavy atom. The first-order valence-corrected chi connectivity index (χ1v) is 10.2. The van der Waals surface area contributed by atoms with Crippen LogP contribution in [0.1, 0.15) is 35.1 Å². The molecule has 4 heteroatoms. The Bertz CT molecular complexity index is 1010. The van der Waals surface area contributed by atoms with Crippen LogP contribution in [0.15, 0.2) is 48.5 Å². The summed E-state index contributed by atoms with van der Waals surface area (Å²) < 4.78 is 0. The summed E-state index contributed by atoms with van der Waals surface area (Å²) in [6.45, 7) is 3.65. The monoisotopic (exact) mass is 386 g/mol. The zero-order valence-corrected chi connectivity index (χ0v) is 16.4. The van der Waals surface area contributed by atoms with Gasteiger partial charge in [0.15, 0.2) is 11.6 Å². The number of benzene rings is 2. The number of carbonyl (C=O) groups excluding carboxylic acids is 4. The van der Waals surface area contributed by atoms with E-state index in [1.54, 1.807) is 6.92 Å².